The van der Waals surface area contributed by atoms with Crippen LogP contribution in [0.25, 0.3) is 0 Å². The van der Waals surface area contributed by atoms with E-state index in [2.05, 4.69) is 10.6 Å². The molecular formula is C20H37N5O5. The third-order valence-corrected chi connectivity index (χ3v) is 5.66. The Bertz CT molecular complexity index is 614. The number of aliphatic carboxylic acids is 1. The van der Waals surface area contributed by atoms with E-state index in [1.54, 1.807) is 0 Å². The molecule has 172 valence electrons. The molecule has 1 aliphatic rings. The molecule has 30 heavy (non-hydrogen) atoms. The highest BCUT2D eigenvalue weighted by Gasteiger charge is 2.39. The van der Waals surface area contributed by atoms with Gasteiger partial charge in [0, 0.05) is 6.54 Å². The van der Waals surface area contributed by atoms with Crippen LogP contribution in [-0.4, -0.2) is 71.0 Å². The van der Waals surface area contributed by atoms with Crippen molar-refractivity contribution in [2.24, 2.45) is 17.4 Å². The van der Waals surface area contributed by atoms with E-state index in [-0.39, 0.29) is 5.92 Å². The topological polar surface area (TPSA) is 168 Å². The van der Waals surface area contributed by atoms with Gasteiger partial charge in [0.15, 0.2) is 0 Å². The summed E-state index contributed by atoms with van der Waals surface area (Å²) in [4.78, 5) is 50.7. The van der Waals surface area contributed by atoms with E-state index in [4.69, 9.17) is 11.5 Å². The molecule has 10 heteroatoms. The molecule has 0 aromatic carbocycles. The van der Waals surface area contributed by atoms with Crippen molar-refractivity contribution >= 4 is 23.7 Å². The highest BCUT2D eigenvalue weighted by atomic mass is 16.4. The zero-order chi connectivity index (χ0) is 22.8. The molecule has 0 saturated carbocycles. The van der Waals surface area contributed by atoms with E-state index in [0.29, 0.717) is 38.8 Å². The summed E-state index contributed by atoms with van der Waals surface area (Å²) in [5.74, 6) is -2.59. The molecule has 1 aliphatic heterocycles. The number of rotatable bonds is 12. The third-order valence-electron chi connectivity index (χ3n) is 5.66. The number of nitrogens with two attached hydrogens (primary N) is 2. The Morgan fingerprint density at radius 3 is 2.37 bits per heavy atom. The van der Waals surface area contributed by atoms with Crippen LogP contribution >= 0.6 is 0 Å². The quantitative estimate of drug-likeness (QED) is 0.263. The average molecular weight is 428 g/mol. The first kappa shape index (κ1) is 25.8. The van der Waals surface area contributed by atoms with Crippen LogP contribution in [0.15, 0.2) is 0 Å². The number of carbonyl (C=O) groups excluding carboxylic acids is 3. The summed E-state index contributed by atoms with van der Waals surface area (Å²) in [5.41, 5.74) is 11.3. The molecule has 5 unspecified atom stereocenters. The fourth-order valence-electron chi connectivity index (χ4n) is 3.45. The number of amides is 3. The van der Waals surface area contributed by atoms with Crippen molar-refractivity contribution in [1.82, 2.24) is 15.5 Å². The van der Waals surface area contributed by atoms with Crippen LogP contribution in [-0.2, 0) is 19.2 Å². The molecule has 0 aromatic rings. The van der Waals surface area contributed by atoms with Crippen molar-refractivity contribution in [3.8, 4) is 0 Å². The van der Waals surface area contributed by atoms with Crippen LogP contribution in [0.3, 0.4) is 0 Å². The highest BCUT2D eigenvalue weighted by Crippen LogP contribution is 2.21. The lowest BCUT2D eigenvalue weighted by Crippen LogP contribution is -2.58. The van der Waals surface area contributed by atoms with Gasteiger partial charge in [-0.1, -0.05) is 26.7 Å². The average Bonchev–Trinajstić information content (AvgIpc) is 3.20. The van der Waals surface area contributed by atoms with Gasteiger partial charge in [0.25, 0.3) is 0 Å². The molecule has 5 atom stereocenters. The molecule has 7 N–H and O–H groups in total. The number of hydrogen-bond donors (Lipinski definition) is 5. The first-order valence-corrected chi connectivity index (χ1v) is 10.7. The van der Waals surface area contributed by atoms with Gasteiger partial charge in [-0.05, 0) is 45.1 Å². The predicted octanol–water partition coefficient (Wildman–Crippen LogP) is -0.446. The maximum Gasteiger partial charge on any atom is 0.326 e. The predicted molar refractivity (Wildman–Crippen MR) is 112 cm³/mol. The molecule has 0 radical (unpaired) electrons. The molecule has 10 nitrogen and oxygen atoms in total. The summed E-state index contributed by atoms with van der Waals surface area (Å²) in [5, 5.41) is 14.6. The Labute approximate surface area is 178 Å². The van der Waals surface area contributed by atoms with Crippen LogP contribution in [0.2, 0.25) is 0 Å². The number of nitrogens with one attached hydrogen (secondary N) is 2. The SMILES string of the molecule is CCC(C)C(NC(=O)C(C)NC(=O)C(N)CCCCN)C(=O)N1CCCC1C(=O)O. The van der Waals surface area contributed by atoms with Gasteiger partial charge in [0.2, 0.25) is 17.7 Å². The monoisotopic (exact) mass is 427 g/mol. The first-order valence-electron chi connectivity index (χ1n) is 10.7. The van der Waals surface area contributed by atoms with Crippen LogP contribution in [0.4, 0.5) is 0 Å². The lowest BCUT2D eigenvalue weighted by Gasteiger charge is -2.31. The number of likely N-dealkylation sites (tertiary alicyclic amines) is 1. The molecule has 0 spiro atoms. The second-order valence-corrected chi connectivity index (χ2v) is 8.02. The molecule has 1 rings (SSSR count). The summed E-state index contributed by atoms with van der Waals surface area (Å²) in [6, 6.07) is -3.35. The molecular weight excluding hydrogens is 390 g/mol. The lowest BCUT2D eigenvalue weighted by molar-refractivity contribution is -0.150. The fraction of sp³-hybridized carbons (Fsp3) is 0.800. The maximum absolute atomic E-state index is 13.0. The third kappa shape index (κ3) is 7.24. The van der Waals surface area contributed by atoms with Crippen LogP contribution in [0.1, 0.15) is 59.3 Å². The van der Waals surface area contributed by atoms with Gasteiger partial charge in [-0.25, -0.2) is 4.79 Å². The molecule has 1 fully saturated rings. The molecule has 0 aliphatic carbocycles. The zero-order valence-electron chi connectivity index (χ0n) is 18.2. The number of hydrogen-bond acceptors (Lipinski definition) is 6. The number of nitrogens with zero attached hydrogens (tertiary/aromatic N) is 1. The zero-order valence-corrected chi connectivity index (χ0v) is 18.2. The molecule has 1 heterocycles. The fourth-order valence-corrected chi connectivity index (χ4v) is 3.45. The molecule has 0 bridgehead atoms. The van der Waals surface area contributed by atoms with E-state index in [1.807, 2.05) is 13.8 Å². The first-order chi connectivity index (χ1) is 14.1. The highest BCUT2D eigenvalue weighted by molar-refractivity contribution is 5.94. The minimum absolute atomic E-state index is 0.196. The molecule has 3 amide bonds. The normalized spacial score (nSPS) is 20.2. The number of unbranched alkanes of at least 4 members (excludes halogenated alkanes) is 1. The number of carboxylic acid groups (broad SMARTS) is 1. The maximum atomic E-state index is 13.0. The second kappa shape index (κ2) is 12.5. The van der Waals surface area contributed by atoms with E-state index in [0.717, 1.165) is 12.8 Å². The molecule has 0 aromatic heterocycles. The summed E-state index contributed by atoms with van der Waals surface area (Å²) < 4.78 is 0. The van der Waals surface area contributed by atoms with Crippen molar-refractivity contribution in [2.75, 3.05) is 13.1 Å². The van der Waals surface area contributed by atoms with Gasteiger partial charge in [-0.3, -0.25) is 14.4 Å². The van der Waals surface area contributed by atoms with Crippen LogP contribution < -0.4 is 22.1 Å². The van der Waals surface area contributed by atoms with Gasteiger partial charge in [-0.15, -0.1) is 0 Å². The Balaban J connectivity index is 2.75. The van der Waals surface area contributed by atoms with E-state index in [1.165, 1.54) is 11.8 Å². The Morgan fingerprint density at radius 1 is 1.13 bits per heavy atom. The van der Waals surface area contributed by atoms with Gasteiger partial charge in [0.05, 0.1) is 6.04 Å². The standard InChI is InChI=1S/C20H37N5O5/c1-4-12(2)16(19(28)25-11-7-9-15(25)20(29)30)24-17(26)13(3)23-18(27)14(22)8-5-6-10-21/h12-16H,4-11,21-22H2,1-3H3,(H,23,27)(H,24,26)(H,29,30). The Morgan fingerprint density at radius 2 is 1.80 bits per heavy atom. The second-order valence-electron chi connectivity index (χ2n) is 8.02. The summed E-state index contributed by atoms with van der Waals surface area (Å²) in [6.07, 6.45) is 3.58. The van der Waals surface area contributed by atoms with Gasteiger partial charge in [0.1, 0.15) is 18.1 Å². The van der Waals surface area contributed by atoms with Crippen molar-refractivity contribution in [3.05, 3.63) is 0 Å². The van der Waals surface area contributed by atoms with Gasteiger partial charge < -0.3 is 32.1 Å². The molecule has 1 saturated heterocycles. The Kier molecular flexibility index (Phi) is 10.8. The van der Waals surface area contributed by atoms with Gasteiger partial charge >= 0.3 is 5.97 Å². The van der Waals surface area contributed by atoms with Gasteiger partial charge in [-0.2, -0.15) is 0 Å². The minimum Gasteiger partial charge on any atom is -0.480 e. The summed E-state index contributed by atoms with van der Waals surface area (Å²) in [6.45, 7) is 6.11. The van der Waals surface area contributed by atoms with E-state index in [9.17, 15) is 24.3 Å². The van der Waals surface area contributed by atoms with E-state index < -0.39 is 47.9 Å². The van der Waals surface area contributed by atoms with Crippen molar-refractivity contribution in [2.45, 2.75) is 83.5 Å². The van der Waals surface area contributed by atoms with Crippen molar-refractivity contribution in [3.63, 3.8) is 0 Å². The van der Waals surface area contributed by atoms with Crippen LogP contribution in [0.5, 0.6) is 0 Å². The smallest absolute Gasteiger partial charge is 0.326 e. The minimum atomic E-state index is -1.04. The summed E-state index contributed by atoms with van der Waals surface area (Å²) in [7, 11) is 0. The van der Waals surface area contributed by atoms with Crippen molar-refractivity contribution in [1.29, 1.82) is 0 Å². The largest absolute Gasteiger partial charge is 0.480 e. The summed E-state index contributed by atoms with van der Waals surface area (Å²) >= 11 is 0. The number of carbonyl (C=O) groups is 4. The lowest BCUT2D eigenvalue weighted by atomic mass is 9.97. The van der Waals surface area contributed by atoms with Crippen LogP contribution in [0, 0.1) is 5.92 Å². The van der Waals surface area contributed by atoms with Crippen molar-refractivity contribution < 1.29 is 24.3 Å². The van der Waals surface area contributed by atoms with E-state index >= 15 is 0 Å². The Hall–Kier alpha value is -2.20. The number of carboxylic acids is 1.